The minimum Gasteiger partial charge on any atom is -0.309 e. The molecule has 5 heteroatoms. The summed E-state index contributed by atoms with van der Waals surface area (Å²) in [5.41, 5.74) is 20.8. The van der Waals surface area contributed by atoms with Crippen LogP contribution in [-0.4, -0.2) is 15.0 Å². The van der Waals surface area contributed by atoms with Crippen LogP contribution < -0.4 is 9.80 Å². The number of hydrogen-bond acceptors (Lipinski definition) is 5. The molecule has 0 aliphatic heterocycles. The van der Waals surface area contributed by atoms with E-state index in [1.807, 2.05) is 0 Å². The van der Waals surface area contributed by atoms with E-state index in [0.717, 1.165) is 72.3 Å². The Morgan fingerprint density at radius 2 is 0.667 bits per heavy atom. The van der Waals surface area contributed by atoms with Gasteiger partial charge in [-0.15, -0.1) is 0 Å². The number of fused-ring (bicyclic) bond motifs is 1. The molecule has 11 rings (SSSR count). The fourth-order valence-corrected chi connectivity index (χ4v) is 10.6. The van der Waals surface area contributed by atoms with Crippen molar-refractivity contribution >= 4 is 45.2 Å². The second-order valence-electron chi connectivity index (χ2n) is 18.9. The molecule has 0 aliphatic rings. The van der Waals surface area contributed by atoms with Crippen LogP contribution in [0, 0.1) is 41.5 Å². The van der Waals surface area contributed by atoms with Crippen molar-refractivity contribution in [3.63, 3.8) is 0 Å². The molecule has 0 saturated carbocycles. The van der Waals surface area contributed by atoms with Crippen molar-refractivity contribution in [3.8, 4) is 56.2 Å². The lowest BCUT2D eigenvalue weighted by molar-refractivity contribution is 1.02. The molecule has 10 aromatic carbocycles. The average molecular weight is 930 g/mol. The third kappa shape index (κ3) is 8.82. The minimum atomic E-state index is 0.494. The summed E-state index contributed by atoms with van der Waals surface area (Å²) in [6.45, 7) is 13.2. The van der Waals surface area contributed by atoms with Crippen molar-refractivity contribution in [2.75, 3.05) is 9.80 Å². The monoisotopic (exact) mass is 929 g/mol. The maximum Gasteiger partial charge on any atom is 0.238 e. The Morgan fingerprint density at radius 1 is 0.292 bits per heavy atom. The number of benzene rings is 10. The fourth-order valence-electron chi connectivity index (χ4n) is 10.6. The zero-order valence-electron chi connectivity index (χ0n) is 41.6. The van der Waals surface area contributed by atoms with E-state index in [9.17, 15) is 0 Å². The lowest BCUT2D eigenvalue weighted by Gasteiger charge is -2.32. The first-order chi connectivity index (χ1) is 35.2. The highest BCUT2D eigenvalue weighted by atomic mass is 15.3. The summed E-state index contributed by atoms with van der Waals surface area (Å²) in [4.78, 5) is 21.4. The molecular weight excluding hydrogens is 875 g/mol. The van der Waals surface area contributed by atoms with E-state index in [4.69, 9.17) is 15.0 Å². The van der Waals surface area contributed by atoms with E-state index in [1.54, 1.807) is 0 Å². The number of aromatic nitrogens is 3. The predicted octanol–water partition coefficient (Wildman–Crippen LogP) is 18.1. The van der Waals surface area contributed by atoms with Crippen molar-refractivity contribution in [1.29, 1.82) is 0 Å². The number of para-hydroxylation sites is 1. The lowest BCUT2D eigenvalue weighted by Crippen LogP contribution is -2.18. The van der Waals surface area contributed by atoms with Crippen LogP contribution >= 0.6 is 0 Å². The summed E-state index contributed by atoms with van der Waals surface area (Å²) in [5.74, 6) is 1.64. The molecule has 0 N–H and O–H groups in total. The van der Waals surface area contributed by atoms with Crippen molar-refractivity contribution in [1.82, 2.24) is 15.0 Å². The number of nitrogens with zero attached hydrogens (tertiary/aromatic N) is 5. The maximum absolute atomic E-state index is 5.62. The molecule has 72 heavy (non-hydrogen) atoms. The van der Waals surface area contributed by atoms with Gasteiger partial charge in [-0.2, -0.15) is 9.97 Å². The molecule has 0 aliphatic carbocycles. The lowest BCUT2D eigenvalue weighted by atomic mass is 9.95. The number of hydrogen-bond donors (Lipinski definition) is 0. The van der Waals surface area contributed by atoms with Gasteiger partial charge in [-0.3, -0.25) is 4.90 Å². The number of aryl methyl sites for hydroxylation is 6. The van der Waals surface area contributed by atoms with Gasteiger partial charge < -0.3 is 4.90 Å². The van der Waals surface area contributed by atoms with Gasteiger partial charge >= 0.3 is 0 Å². The summed E-state index contributed by atoms with van der Waals surface area (Å²) >= 11 is 0. The molecule has 0 bridgehead atoms. The Kier molecular flexibility index (Phi) is 12.3. The highest BCUT2D eigenvalue weighted by molar-refractivity contribution is 5.96. The number of anilines is 6. The van der Waals surface area contributed by atoms with Gasteiger partial charge in [0.05, 0.1) is 17.1 Å². The molecule has 0 spiro atoms. The summed E-state index contributed by atoms with van der Waals surface area (Å²) in [6.07, 6.45) is 0. The molecule has 0 saturated heterocycles. The zero-order valence-corrected chi connectivity index (χ0v) is 41.6. The van der Waals surface area contributed by atoms with Crippen LogP contribution in [0.25, 0.3) is 66.9 Å². The number of rotatable bonds is 11. The quantitative estimate of drug-likeness (QED) is 0.129. The van der Waals surface area contributed by atoms with Crippen LogP contribution in [0.1, 0.15) is 33.4 Å². The van der Waals surface area contributed by atoms with Crippen LogP contribution in [0.5, 0.6) is 0 Å². The van der Waals surface area contributed by atoms with Gasteiger partial charge in [-0.1, -0.05) is 193 Å². The Hall–Kier alpha value is -8.93. The molecule has 1 aromatic heterocycles. The van der Waals surface area contributed by atoms with Crippen LogP contribution in [0.4, 0.5) is 34.4 Å². The SMILES string of the molecule is Cc1cc(C)c(N(c2ccc(N(c3nc(-c4ccccc4-c4ccccc4)nc(-c4cc5ccccc5cc4-c4ccccc4)n3)c3ccccc3-c3ccccc3)cc2)c2c(C)cc(C)cc2C)c(C)c1. The normalized spacial score (nSPS) is 11.2. The minimum absolute atomic E-state index is 0.494. The van der Waals surface area contributed by atoms with Gasteiger partial charge in [-0.05, 0) is 145 Å². The first-order valence-electron chi connectivity index (χ1n) is 24.7. The first kappa shape index (κ1) is 45.5. The molecule has 1 heterocycles. The average Bonchev–Trinajstić information content (AvgIpc) is 3.40. The van der Waals surface area contributed by atoms with E-state index in [-0.39, 0.29) is 0 Å². The van der Waals surface area contributed by atoms with Gasteiger partial charge in [0.25, 0.3) is 0 Å². The molecule has 348 valence electrons. The Morgan fingerprint density at radius 3 is 1.18 bits per heavy atom. The molecule has 0 amide bonds. The van der Waals surface area contributed by atoms with Gasteiger partial charge in [0.2, 0.25) is 5.95 Å². The molecular formula is C67H55N5. The van der Waals surface area contributed by atoms with Gasteiger partial charge in [0.15, 0.2) is 11.6 Å². The Bertz CT molecular complexity index is 3650. The highest BCUT2D eigenvalue weighted by Gasteiger charge is 2.26. The predicted molar refractivity (Wildman–Crippen MR) is 302 cm³/mol. The second kappa shape index (κ2) is 19.5. The zero-order chi connectivity index (χ0) is 49.3. The van der Waals surface area contributed by atoms with Crippen LogP contribution in [0.2, 0.25) is 0 Å². The van der Waals surface area contributed by atoms with Crippen molar-refractivity contribution in [3.05, 3.63) is 258 Å². The van der Waals surface area contributed by atoms with E-state index in [0.29, 0.717) is 17.6 Å². The standard InChI is InChI=1S/C67H55N5/c1-44-38-46(3)63(47(4)39-44)72(64-48(5)40-45(2)41-49(64)6)56-36-34-55(35-37-56)71(62-33-21-20-31-58(62)51-24-12-8-13-25-51)67-69-65(59-32-19-18-30-57(59)50-22-10-7-11-23-50)68-66(70-67)61-43-54-29-17-16-28-53(54)42-60(61)52-26-14-9-15-27-52/h7-43H,1-6H3. The summed E-state index contributed by atoms with van der Waals surface area (Å²) in [7, 11) is 0. The second-order valence-corrected chi connectivity index (χ2v) is 18.9. The molecule has 0 unspecified atom stereocenters. The molecule has 5 nitrogen and oxygen atoms in total. The van der Waals surface area contributed by atoms with Crippen LogP contribution in [0.15, 0.2) is 224 Å². The summed E-state index contributed by atoms with van der Waals surface area (Å²) < 4.78 is 0. The maximum atomic E-state index is 5.62. The summed E-state index contributed by atoms with van der Waals surface area (Å²) in [5, 5.41) is 2.24. The van der Waals surface area contributed by atoms with Crippen molar-refractivity contribution < 1.29 is 0 Å². The molecule has 0 radical (unpaired) electrons. The topological polar surface area (TPSA) is 45.2 Å². The van der Waals surface area contributed by atoms with Crippen molar-refractivity contribution in [2.45, 2.75) is 41.5 Å². The van der Waals surface area contributed by atoms with E-state index >= 15 is 0 Å². The van der Waals surface area contributed by atoms with Gasteiger partial charge in [0.1, 0.15) is 0 Å². The molecule has 0 fully saturated rings. The largest absolute Gasteiger partial charge is 0.309 e. The van der Waals surface area contributed by atoms with E-state index < -0.39 is 0 Å². The first-order valence-corrected chi connectivity index (χ1v) is 24.7. The van der Waals surface area contributed by atoms with E-state index in [2.05, 4.69) is 276 Å². The molecule has 11 aromatic rings. The van der Waals surface area contributed by atoms with Crippen molar-refractivity contribution in [2.24, 2.45) is 0 Å². The highest BCUT2D eigenvalue weighted by Crippen LogP contribution is 2.46. The summed E-state index contributed by atoms with van der Waals surface area (Å²) in [6, 6.07) is 79.7. The smallest absolute Gasteiger partial charge is 0.238 e. The Labute approximate surface area is 423 Å². The molecule has 0 atom stereocenters. The van der Waals surface area contributed by atoms with Crippen LogP contribution in [0.3, 0.4) is 0 Å². The van der Waals surface area contributed by atoms with Gasteiger partial charge in [-0.25, -0.2) is 4.98 Å². The Balaban J connectivity index is 1.19. The fraction of sp³-hybridized carbons (Fsp3) is 0.0896. The van der Waals surface area contributed by atoms with Gasteiger partial charge in [0, 0.05) is 28.1 Å². The third-order valence-electron chi connectivity index (χ3n) is 13.6. The third-order valence-corrected chi connectivity index (χ3v) is 13.6. The van der Waals surface area contributed by atoms with E-state index in [1.165, 1.54) is 44.8 Å². The van der Waals surface area contributed by atoms with Crippen LogP contribution in [-0.2, 0) is 0 Å².